The van der Waals surface area contributed by atoms with Crippen molar-refractivity contribution >= 4 is 15.9 Å². The average Bonchev–Trinajstić information content (AvgIpc) is 2.06. The Kier molecular flexibility index (Phi) is 1.84. The highest BCUT2D eigenvalue weighted by atomic mass is 79.9. The Morgan fingerprint density at radius 1 is 1.36 bits per heavy atom. The van der Waals surface area contributed by atoms with Crippen LogP contribution in [-0.2, 0) is 4.89 Å². The van der Waals surface area contributed by atoms with Gasteiger partial charge in [-0.2, -0.15) is 4.89 Å². The summed E-state index contributed by atoms with van der Waals surface area (Å²) in [4.78, 5) is 10.1. The van der Waals surface area contributed by atoms with Crippen LogP contribution in [0.3, 0.4) is 0 Å². The predicted octanol–water partition coefficient (Wildman–Crippen LogP) is 2.45. The molecule has 2 nitrogen and oxygen atoms in total. The van der Waals surface area contributed by atoms with Crippen molar-refractivity contribution in [3.63, 3.8) is 0 Å². The number of benzene rings is 1. The fourth-order valence-corrected chi connectivity index (χ4v) is 1.55. The first kappa shape index (κ1) is 7.13. The molecule has 1 aromatic carbocycles. The lowest BCUT2D eigenvalue weighted by Crippen LogP contribution is -2.12. The zero-order chi connectivity index (χ0) is 7.68. The van der Waals surface area contributed by atoms with Crippen molar-refractivity contribution in [2.24, 2.45) is 0 Å². The summed E-state index contributed by atoms with van der Waals surface area (Å²) in [5.74, 6) is 0.806. The minimum absolute atomic E-state index is 0.257. The minimum atomic E-state index is 0.257. The van der Waals surface area contributed by atoms with Gasteiger partial charge in [-0.3, -0.25) is 0 Å². The smallest absolute Gasteiger partial charge is 0.169 e. The van der Waals surface area contributed by atoms with Gasteiger partial charge in [0.25, 0.3) is 0 Å². The van der Waals surface area contributed by atoms with Gasteiger partial charge in [0.1, 0.15) is 6.61 Å². The van der Waals surface area contributed by atoms with E-state index in [0.717, 1.165) is 11.3 Å². The number of para-hydroxylation sites is 1. The van der Waals surface area contributed by atoms with Crippen LogP contribution in [0.2, 0.25) is 0 Å². The number of halogens is 1. The second-order valence-corrected chi connectivity index (χ2v) is 3.48. The predicted molar refractivity (Wildman–Crippen MR) is 44.7 cm³/mol. The molecule has 58 valence electrons. The van der Waals surface area contributed by atoms with Gasteiger partial charge in [0.2, 0.25) is 0 Å². The first-order valence-corrected chi connectivity index (χ1v) is 4.32. The highest BCUT2D eigenvalue weighted by molar-refractivity contribution is 9.09. The van der Waals surface area contributed by atoms with Gasteiger partial charge in [0.05, 0.1) is 4.83 Å². The molecule has 1 unspecified atom stereocenters. The molecule has 0 aromatic heterocycles. The van der Waals surface area contributed by atoms with Gasteiger partial charge in [-0.25, -0.2) is 0 Å². The summed E-state index contributed by atoms with van der Waals surface area (Å²) in [5, 5.41) is 0. The van der Waals surface area contributed by atoms with Crippen LogP contribution >= 0.6 is 15.9 Å². The quantitative estimate of drug-likeness (QED) is 0.488. The van der Waals surface area contributed by atoms with Crippen LogP contribution in [0.15, 0.2) is 24.3 Å². The molecule has 3 heteroatoms. The number of fused-ring (bicyclic) bond motifs is 1. The molecule has 0 aliphatic carbocycles. The monoisotopic (exact) mass is 214 g/mol. The molecule has 11 heavy (non-hydrogen) atoms. The molecule has 0 radical (unpaired) electrons. The lowest BCUT2D eigenvalue weighted by molar-refractivity contribution is -0.215. The van der Waals surface area contributed by atoms with Crippen molar-refractivity contribution in [3.8, 4) is 5.75 Å². The summed E-state index contributed by atoms with van der Waals surface area (Å²) in [5.41, 5.74) is 1.15. The van der Waals surface area contributed by atoms with E-state index >= 15 is 0 Å². The van der Waals surface area contributed by atoms with Gasteiger partial charge < -0.3 is 4.89 Å². The fourth-order valence-electron chi connectivity index (χ4n) is 1.06. The van der Waals surface area contributed by atoms with Crippen LogP contribution < -0.4 is 4.89 Å². The minimum Gasteiger partial charge on any atom is -0.337 e. The molecular weight excluding hydrogens is 208 g/mol. The van der Waals surface area contributed by atoms with Crippen molar-refractivity contribution in [2.75, 3.05) is 6.61 Å². The van der Waals surface area contributed by atoms with E-state index in [1.54, 1.807) is 0 Å². The molecule has 1 atom stereocenters. The van der Waals surface area contributed by atoms with E-state index in [9.17, 15) is 0 Å². The average molecular weight is 215 g/mol. The Hall–Kier alpha value is -0.540. The van der Waals surface area contributed by atoms with Crippen molar-refractivity contribution < 1.29 is 9.78 Å². The number of hydrogen-bond donors (Lipinski definition) is 0. The van der Waals surface area contributed by atoms with Crippen LogP contribution in [0.25, 0.3) is 0 Å². The summed E-state index contributed by atoms with van der Waals surface area (Å²) in [6, 6.07) is 7.83. The molecule has 0 spiro atoms. The van der Waals surface area contributed by atoms with Crippen LogP contribution in [0.5, 0.6) is 5.75 Å². The highest BCUT2D eigenvalue weighted by Gasteiger charge is 2.18. The normalized spacial score (nSPS) is 22.1. The Balaban J connectivity index is 2.44. The molecule has 0 saturated heterocycles. The molecular formula is C8H7BrO2. The SMILES string of the molecule is BrC1COOc2ccccc21. The van der Waals surface area contributed by atoms with Gasteiger partial charge in [-0.15, -0.1) is 0 Å². The van der Waals surface area contributed by atoms with E-state index < -0.39 is 0 Å². The third-order valence-electron chi connectivity index (χ3n) is 1.62. The Morgan fingerprint density at radius 3 is 3.00 bits per heavy atom. The lowest BCUT2D eigenvalue weighted by Gasteiger charge is -2.19. The zero-order valence-electron chi connectivity index (χ0n) is 5.79. The van der Waals surface area contributed by atoms with E-state index in [2.05, 4.69) is 15.9 Å². The molecule has 1 aliphatic rings. The summed E-state index contributed by atoms with van der Waals surface area (Å²) >= 11 is 3.48. The third kappa shape index (κ3) is 1.26. The zero-order valence-corrected chi connectivity index (χ0v) is 7.37. The van der Waals surface area contributed by atoms with E-state index in [1.807, 2.05) is 24.3 Å². The van der Waals surface area contributed by atoms with E-state index in [0.29, 0.717) is 6.61 Å². The van der Waals surface area contributed by atoms with Crippen LogP contribution in [0.1, 0.15) is 10.4 Å². The van der Waals surface area contributed by atoms with Gasteiger partial charge in [0.15, 0.2) is 5.75 Å². The lowest BCUT2D eigenvalue weighted by atomic mass is 10.1. The van der Waals surface area contributed by atoms with Gasteiger partial charge in [0, 0.05) is 5.56 Å². The van der Waals surface area contributed by atoms with Crippen molar-refractivity contribution in [1.82, 2.24) is 0 Å². The van der Waals surface area contributed by atoms with Gasteiger partial charge >= 0.3 is 0 Å². The molecule has 0 bridgehead atoms. The first-order valence-electron chi connectivity index (χ1n) is 3.40. The number of rotatable bonds is 0. The number of hydrogen-bond acceptors (Lipinski definition) is 2. The van der Waals surface area contributed by atoms with Crippen LogP contribution in [0.4, 0.5) is 0 Å². The van der Waals surface area contributed by atoms with E-state index in [-0.39, 0.29) is 4.83 Å². The highest BCUT2D eigenvalue weighted by Crippen LogP contribution is 2.34. The second kappa shape index (κ2) is 2.83. The van der Waals surface area contributed by atoms with Gasteiger partial charge in [-0.1, -0.05) is 34.1 Å². The fraction of sp³-hybridized carbons (Fsp3) is 0.250. The summed E-state index contributed by atoms with van der Waals surface area (Å²) in [7, 11) is 0. The molecule has 1 heterocycles. The molecule has 0 amide bonds. The standard InChI is InChI=1S/C8H7BrO2/c9-7-5-10-11-8-4-2-1-3-6(7)8/h1-4,7H,5H2. The molecule has 0 fully saturated rings. The molecule has 0 N–H and O–H groups in total. The summed E-state index contributed by atoms with van der Waals surface area (Å²) in [6.07, 6.45) is 0. The Bertz CT molecular complexity index is 262. The van der Waals surface area contributed by atoms with Crippen molar-refractivity contribution in [2.45, 2.75) is 4.83 Å². The van der Waals surface area contributed by atoms with E-state index in [4.69, 9.17) is 9.78 Å². The summed E-state index contributed by atoms with van der Waals surface area (Å²) < 4.78 is 0. The van der Waals surface area contributed by atoms with E-state index in [1.165, 1.54) is 0 Å². The Morgan fingerprint density at radius 2 is 2.18 bits per heavy atom. The summed E-state index contributed by atoms with van der Waals surface area (Å²) in [6.45, 7) is 0.566. The maximum Gasteiger partial charge on any atom is 0.169 e. The molecule has 0 saturated carbocycles. The first-order chi connectivity index (χ1) is 5.38. The second-order valence-electron chi connectivity index (χ2n) is 2.37. The largest absolute Gasteiger partial charge is 0.337 e. The van der Waals surface area contributed by atoms with Crippen molar-refractivity contribution in [1.29, 1.82) is 0 Å². The Labute approximate surface area is 73.2 Å². The maximum absolute atomic E-state index is 4.96. The van der Waals surface area contributed by atoms with Crippen LogP contribution in [-0.4, -0.2) is 6.61 Å². The molecule has 2 rings (SSSR count). The third-order valence-corrected chi connectivity index (χ3v) is 2.38. The number of alkyl halides is 1. The molecule has 1 aromatic rings. The maximum atomic E-state index is 4.96. The molecule has 1 aliphatic heterocycles. The van der Waals surface area contributed by atoms with Crippen molar-refractivity contribution in [3.05, 3.63) is 29.8 Å². The topological polar surface area (TPSA) is 18.5 Å². The van der Waals surface area contributed by atoms with Crippen LogP contribution in [0, 0.1) is 0 Å². The van der Waals surface area contributed by atoms with Gasteiger partial charge in [-0.05, 0) is 6.07 Å².